The average Bonchev–Trinajstić information content (AvgIpc) is 2.43. The molecule has 3 heteroatoms. The Morgan fingerprint density at radius 3 is 2.35 bits per heavy atom. The molecule has 0 fully saturated rings. The Labute approximate surface area is 127 Å². The highest BCUT2D eigenvalue weighted by molar-refractivity contribution is 9.10. The lowest BCUT2D eigenvalue weighted by Crippen LogP contribution is -2.06. The van der Waals surface area contributed by atoms with Crippen LogP contribution in [0.2, 0.25) is 0 Å². The van der Waals surface area contributed by atoms with Crippen LogP contribution in [0.1, 0.15) is 32.6 Å². The van der Waals surface area contributed by atoms with E-state index >= 15 is 0 Å². The molecular formula is C17H17BrO2. The maximum absolute atomic E-state index is 12.7. The Hall–Kier alpha value is -1.61. The van der Waals surface area contributed by atoms with Crippen molar-refractivity contribution < 1.29 is 9.53 Å². The number of carbonyl (C=O) groups is 1. The normalized spacial score (nSPS) is 10.4. The van der Waals surface area contributed by atoms with Gasteiger partial charge in [0.2, 0.25) is 0 Å². The smallest absolute Gasteiger partial charge is 0.194 e. The quantitative estimate of drug-likeness (QED) is 0.767. The third kappa shape index (κ3) is 2.63. The van der Waals surface area contributed by atoms with E-state index < -0.39 is 0 Å². The summed E-state index contributed by atoms with van der Waals surface area (Å²) in [6, 6.07) is 9.53. The zero-order chi connectivity index (χ0) is 14.9. The Bertz CT molecular complexity index is 675. The minimum Gasteiger partial charge on any atom is -0.496 e. The van der Waals surface area contributed by atoms with Crippen molar-refractivity contribution in [1.82, 2.24) is 0 Å². The van der Waals surface area contributed by atoms with Crippen molar-refractivity contribution >= 4 is 21.7 Å². The molecule has 0 heterocycles. The number of benzene rings is 2. The van der Waals surface area contributed by atoms with Crippen molar-refractivity contribution in [3.05, 3.63) is 62.6 Å². The van der Waals surface area contributed by atoms with Crippen molar-refractivity contribution in [3.63, 3.8) is 0 Å². The van der Waals surface area contributed by atoms with Crippen molar-refractivity contribution in [1.29, 1.82) is 0 Å². The fraction of sp³-hybridized carbons (Fsp3) is 0.235. The van der Waals surface area contributed by atoms with Crippen LogP contribution in [0.3, 0.4) is 0 Å². The first-order chi connectivity index (χ1) is 9.45. The molecule has 2 aromatic carbocycles. The van der Waals surface area contributed by atoms with Gasteiger partial charge in [-0.1, -0.05) is 12.1 Å². The monoisotopic (exact) mass is 332 g/mol. The van der Waals surface area contributed by atoms with E-state index in [2.05, 4.69) is 15.9 Å². The van der Waals surface area contributed by atoms with E-state index in [0.717, 1.165) is 32.5 Å². The molecule has 0 bridgehead atoms. The van der Waals surface area contributed by atoms with Crippen LogP contribution in [-0.2, 0) is 0 Å². The predicted octanol–water partition coefficient (Wildman–Crippen LogP) is 4.61. The first-order valence-corrected chi connectivity index (χ1v) is 7.20. The molecule has 0 spiro atoms. The summed E-state index contributed by atoms with van der Waals surface area (Å²) < 4.78 is 6.15. The van der Waals surface area contributed by atoms with Crippen LogP contribution in [0, 0.1) is 20.8 Å². The standard InChI is InChI=1S/C17H17BrO2/c1-10-6-5-7-13(16(10)18)17(19)14-8-12(3)15(20-4)9-11(14)2/h5-9H,1-4H3. The Morgan fingerprint density at radius 1 is 1.00 bits per heavy atom. The van der Waals surface area contributed by atoms with Gasteiger partial charge in [0.1, 0.15) is 5.75 Å². The molecule has 0 aliphatic rings. The summed E-state index contributed by atoms with van der Waals surface area (Å²) in [6.45, 7) is 5.85. The molecule has 0 aliphatic carbocycles. The minimum absolute atomic E-state index is 0.0313. The molecule has 0 N–H and O–H groups in total. The van der Waals surface area contributed by atoms with Gasteiger partial charge in [-0.05, 0) is 71.6 Å². The van der Waals surface area contributed by atoms with Crippen LogP contribution in [0.4, 0.5) is 0 Å². The maximum Gasteiger partial charge on any atom is 0.194 e. The zero-order valence-corrected chi connectivity index (χ0v) is 13.7. The predicted molar refractivity (Wildman–Crippen MR) is 84.8 cm³/mol. The summed E-state index contributed by atoms with van der Waals surface area (Å²) >= 11 is 3.50. The number of ether oxygens (including phenoxy) is 1. The van der Waals surface area contributed by atoms with E-state index in [0.29, 0.717) is 5.56 Å². The van der Waals surface area contributed by atoms with Gasteiger partial charge in [-0.2, -0.15) is 0 Å². The molecule has 0 unspecified atom stereocenters. The summed E-state index contributed by atoms with van der Waals surface area (Å²) in [5, 5.41) is 0. The first-order valence-electron chi connectivity index (χ1n) is 6.40. The fourth-order valence-electron chi connectivity index (χ4n) is 2.22. The van der Waals surface area contributed by atoms with Gasteiger partial charge in [-0.3, -0.25) is 4.79 Å². The molecular weight excluding hydrogens is 316 g/mol. The maximum atomic E-state index is 12.7. The summed E-state index contributed by atoms with van der Waals surface area (Å²) in [7, 11) is 1.64. The third-order valence-electron chi connectivity index (χ3n) is 3.42. The molecule has 0 saturated carbocycles. The molecule has 104 valence electrons. The van der Waals surface area contributed by atoms with Crippen LogP contribution < -0.4 is 4.74 Å². The lowest BCUT2D eigenvalue weighted by molar-refractivity contribution is 0.103. The number of hydrogen-bond donors (Lipinski definition) is 0. The minimum atomic E-state index is 0.0313. The largest absolute Gasteiger partial charge is 0.496 e. The molecule has 2 nitrogen and oxygen atoms in total. The lowest BCUT2D eigenvalue weighted by Gasteiger charge is -2.12. The summed E-state index contributed by atoms with van der Waals surface area (Å²) in [6.07, 6.45) is 0. The topological polar surface area (TPSA) is 26.3 Å². The number of halogens is 1. The van der Waals surface area contributed by atoms with Crippen molar-refractivity contribution in [2.45, 2.75) is 20.8 Å². The van der Waals surface area contributed by atoms with E-state index in [1.165, 1.54) is 0 Å². The van der Waals surface area contributed by atoms with Crippen LogP contribution in [-0.4, -0.2) is 12.9 Å². The highest BCUT2D eigenvalue weighted by Crippen LogP contribution is 2.28. The van der Waals surface area contributed by atoms with Gasteiger partial charge in [-0.15, -0.1) is 0 Å². The van der Waals surface area contributed by atoms with Crippen molar-refractivity contribution in [3.8, 4) is 5.75 Å². The number of rotatable bonds is 3. The fourth-order valence-corrected chi connectivity index (χ4v) is 2.67. The van der Waals surface area contributed by atoms with E-state index in [-0.39, 0.29) is 5.78 Å². The van der Waals surface area contributed by atoms with Gasteiger partial charge in [-0.25, -0.2) is 0 Å². The Balaban J connectivity index is 2.54. The number of carbonyl (C=O) groups excluding carboxylic acids is 1. The highest BCUT2D eigenvalue weighted by Gasteiger charge is 2.17. The lowest BCUT2D eigenvalue weighted by atomic mass is 9.96. The van der Waals surface area contributed by atoms with Crippen molar-refractivity contribution in [2.75, 3.05) is 7.11 Å². The highest BCUT2D eigenvalue weighted by atomic mass is 79.9. The Morgan fingerprint density at radius 2 is 1.70 bits per heavy atom. The van der Waals surface area contributed by atoms with Crippen molar-refractivity contribution in [2.24, 2.45) is 0 Å². The van der Waals surface area contributed by atoms with E-state index in [1.807, 2.05) is 51.1 Å². The van der Waals surface area contributed by atoms with E-state index in [1.54, 1.807) is 7.11 Å². The van der Waals surface area contributed by atoms with Crippen LogP contribution in [0.25, 0.3) is 0 Å². The molecule has 0 atom stereocenters. The summed E-state index contributed by atoms with van der Waals surface area (Å²) in [5.74, 6) is 0.839. The van der Waals surface area contributed by atoms with Crippen LogP contribution >= 0.6 is 15.9 Å². The number of ketones is 1. The zero-order valence-electron chi connectivity index (χ0n) is 12.1. The molecule has 0 aliphatic heterocycles. The molecule has 0 amide bonds. The van der Waals surface area contributed by atoms with Crippen LogP contribution in [0.5, 0.6) is 5.75 Å². The second kappa shape index (κ2) is 5.80. The van der Waals surface area contributed by atoms with Gasteiger partial charge in [0.25, 0.3) is 0 Å². The molecule has 2 aromatic rings. The Kier molecular flexibility index (Phi) is 4.29. The van der Waals surface area contributed by atoms with Gasteiger partial charge in [0, 0.05) is 15.6 Å². The number of aryl methyl sites for hydroxylation is 3. The third-order valence-corrected chi connectivity index (χ3v) is 4.48. The molecule has 0 aromatic heterocycles. The summed E-state index contributed by atoms with van der Waals surface area (Å²) in [5.41, 5.74) is 4.35. The average molecular weight is 333 g/mol. The van der Waals surface area contributed by atoms with Gasteiger partial charge < -0.3 is 4.74 Å². The van der Waals surface area contributed by atoms with E-state index in [9.17, 15) is 4.79 Å². The first kappa shape index (κ1) is 14.8. The summed E-state index contributed by atoms with van der Waals surface area (Å²) in [4.78, 5) is 12.7. The molecule has 20 heavy (non-hydrogen) atoms. The molecule has 0 saturated heterocycles. The second-order valence-corrected chi connectivity index (χ2v) is 5.70. The molecule has 2 rings (SSSR count). The van der Waals surface area contributed by atoms with Gasteiger partial charge in [0.05, 0.1) is 7.11 Å². The second-order valence-electron chi connectivity index (χ2n) is 4.90. The van der Waals surface area contributed by atoms with Gasteiger partial charge in [0.15, 0.2) is 5.78 Å². The number of hydrogen-bond acceptors (Lipinski definition) is 2. The van der Waals surface area contributed by atoms with Gasteiger partial charge >= 0.3 is 0 Å². The molecule has 0 radical (unpaired) electrons. The number of methoxy groups -OCH3 is 1. The van der Waals surface area contributed by atoms with E-state index in [4.69, 9.17) is 4.74 Å². The SMILES string of the molecule is COc1cc(C)c(C(=O)c2cccc(C)c2Br)cc1C. The van der Waals surface area contributed by atoms with Crippen LogP contribution in [0.15, 0.2) is 34.8 Å².